The van der Waals surface area contributed by atoms with Crippen LogP contribution in [0, 0.1) is 12.8 Å². The lowest BCUT2D eigenvalue weighted by molar-refractivity contribution is 0.513. The molecule has 0 spiro atoms. The number of hydrogen-bond acceptors (Lipinski definition) is 4. The van der Waals surface area contributed by atoms with Gasteiger partial charge in [-0.1, -0.05) is 30.7 Å². The molecule has 1 N–H and O–H groups in total. The van der Waals surface area contributed by atoms with Crippen LogP contribution in [0.2, 0.25) is 5.02 Å². The molecule has 142 valence electrons. The first kappa shape index (κ1) is 17.3. The number of nitrogens with zero attached hydrogens (tertiary/aromatic N) is 5. The Morgan fingerprint density at radius 3 is 2.61 bits per heavy atom. The second-order valence-corrected chi connectivity index (χ2v) is 7.81. The van der Waals surface area contributed by atoms with Crippen molar-refractivity contribution in [3.8, 4) is 5.69 Å². The van der Waals surface area contributed by atoms with Crippen LogP contribution in [-0.4, -0.2) is 31.5 Å². The van der Waals surface area contributed by atoms with E-state index < -0.39 is 0 Å². The number of H-pyrrole nitrogens is 1. The largest absolute Gasteiger partial charge is 0.359 e. The molecule has 2 aromatic heterocycles. The fraction of sp³-hybridized carbons (Fsp3) is 0.286. The van der Waals surface area contributed by atoms with Gasteiger partial charge in [-0.3, -0.25) is 0 Å². The summed E-state index contributed by atoms with van der Waals surface area (Å²) in [6, 6.07) is 12.4. The maximum atomic E-state index is 6.31. The third-order valence-corrected chi connectivity index (χ3v) is 6.08. The molecule has 0 amide bonds. The zero-order chi connectivity index (χ0) is 19.3. The van der Waals surface area contributed by atoms with E-state index in [-0.39, 0.29) is 6.04 Å². The van der Waals surface area contributed by atoms with Gasteiger partial charge in [-0.25, -0.2) is 4.98 Å². The van der Waals surface area contributed by atoms with Crippen LogP contribution < -0.4 is 4.90 Å². The van der Waals surface area contributed by atoms with Gasteiger partial charge in [0.2, 0.25) is 0 Å². The van der Waals surface area contributed by atoms with Crippen molar-refractivity contribution in [1.82, 2.24) is 25.0 Å². The molecular formula is C21H21ClN6. The van der Waals surface area contributed by atoms with Crippen molar-refractivity contribution in [3.05, 3.63) is 65.2 Å². The normalized spacial score (nSPS) is 19.6. The minimum atomic E-state index is 0.155. The number of fused-ring (bicyclic) bond motifs is 1. The van der Waals surface area contributed by atoms with Crippen molar-refractivity contribution in [3.63, 3.8) is 0 Å². The molecule has 3 heterocycles. The molecule has 0 radical (unpaired) electrons. The highest BCUT2D eigenvalue weighted by Crippen LogP contribution is 2.41. The Balaban J connectivity index is 1.62. The maximum absolute atomic E-state index is 6.31. The second kappa shape index (κ2) is 6.63. The van der Waals surface area contributed by atoms with Gasteiger partial charge in [0.1, 0.15) is 11.5 Å². The van der Waals surface area contributed by atoms with E-state index in [4.69, 9.17) is 16.6 Å². The monoisotopic (exact) mass is 392 g/mol. The summed E-state index contributed by atoms with van der Waals surface area (Å²) >= 11 is 6.31. The molecule has 1 aliphatic heterocycles. The van der Waals surface area contributed by atoms with Gasteiger partial charge in [-0.2, -0.15) is 10.2 Å². The standard InChI is InChI=1S/C21H21ClN6/c1-13-9-12-27(17-5-3-4-6-18(17)28-23-10-11-24-28)20(13)21-25-16-8-7-15(22)14(2)19(16)26-21/h3-8,10-11,13,20H,9,12H2,1-2H3,(H,25,26)/t13-,20-/m0/s1. The van der Waals surface area contributed by atoms with Crippen molar-refractivity contribution >= 4 is 28.3 Å². The number of aromatic nitrogens is 5. The lowest BCUT2D eigenvalue weighted by Gasteiger charge is -2.29. The van der Waals surface area contributed by atoms with Crippen LogP contribution in [-0.2, 0) is 0 Å². The molecule has 4 aromatic rings. The SMILES string of the molecule is Cc1c(Cl)ccc2[nH]c([C@@H]3[C@@H](C)CCN3c3ccccc3-n3nccn3)nc12. The number of rotatable bonds is 3. The zero-order valence-corrected chi connectivity index (χ0v) is 16.6. The van der Waals surface area contributed by atoms with Gasteiger partial charge < -0.3 is 9.88 Å². The third kappa shape index (κ3) is 2.67. The van der Waals surface area contributed by atoms with E-state index in [0.717, 1.165) is 51.8 Å². The van der Waals surface area contributed by atoms with Crippen LogP contribution in [0.1, 0.15) is 30.8 Å². The van der Waals surface area contributed by atoms with Crippen molar-refractivity contribution in [2.24, 2.45) is 5.92 Å². The van der Waals surface area contributed by atoms with Gasteiger partial charge in [0.15, 0.2) is 0 Å². The molecule has 0 bridgehead atoms. The summed E-state index contributed by atoms with van der Waals surface area (Å²) in [7, 11) is 0. The molecule has 28 heavy (non-hydrogen) atoms. The van der Waals surface area contributed by atoms with Gasteiger partial charge in [0.05, 0.1) is 35.2 Å². The maximum Gasteiger partial charge on any atom is 0.130 e. The summed E-state index contributed by atoms with van der Waals surface area (Å²) in [6.07, 6.45) is 4.50. The van der Waals surface area contributed by atoms with Crippen LogP contribution in [0.25, 0.3) is 16.7 Å². The van der Waals surface area contributed by atoms with Crippen molar-refractivity contribution in [2.75, 3.05) is 11.4 Å². The Kier molecular flexibility index (Phi) is 4.09. The van der Waals surface area contributed by atoms with E-state index in [1.165, 1.54) is 0 Å². The smallest absolute Gasteiger partial charge is 0.130 e. The van der Waals surface area contributed by atoms with Crippen LogP contribution in [0.15, 0.2) is 48.8 Å². The molecule has 1 saturated heterocycles. The summed E-state index contributed by atoms with van der Waals surface area (Å²) in [5.74, 6) is 1.45. The predicted octanol–water partition coefficient (Wildman–Crippen LogP) is 4.69. The van der Waals surface area contributed by atoms with Crippen molar-refractivity contribution < 1.29 is 0 Å². The van der Waals surface area contributed by atoms with Crippen LogP contribution in [0.5, 0.6) is 0 Å². The molecule has 2 atom stereocenters. The molecule has 2 aromatic carbocycles. The molecule has 5 rings (SSSR count). The van der Waals surface area contributed by atoms with Gasteiger partial charge in [0, 0.05) is 11.6 Å². The number of benzene rings is 2. The lowest BCUT2D eigenvalue weighted by Crippen LogP contribution is -2.27. The van der Waals surface area contributed by atoms with E-state index in [9.17, 15) is 0 Å². The topological polar surface area (TPSA) is 62.6 Å². The molecule has 6 nitrogen and oxygen atoms in total. The van der Waals surface area contributed by atoms with Gasteiger partial charge in [0.25, 0.3) is 0 Å². The van der Waals surface area contributed by atoms with Gasteiger partial charge >= 0.3 is 0 Å². The summed E-state index contributed by atoms with van der Waals surface area (Å²) in [5.41, 5.74) is 5.08. The fourth-order valence-electron chi connectivity index (χ4n) is 4.20. The minimum Gasteiger partial charge on any atom is -0.359 e. The van der Waals surface area contributed by atoms with Crippen molar-refractivity contribution in [2.45, 2.75) is 26.3 Å². The fourth-order valence-corrected chi connectivity index (χ4v) is 4.35. The molecule has 0 unspecified atom stereocenters. The highest BCUT2D eigenvalue weighted by molar-refractivity contribution is 6.32. The zero-order valence-electron chi connectivity index (χ0n) is 15.8. The average molecular weight is 393 g/mol. The molecular weight excluding hydrogens is 372 g/mol. The molecule has 7 heteroatoms. The average Bonchev–Trinajstić information content (AvgIpc) is 3.44. The first-order valence-corrected chi connectivity index (χ1v) is 9.88. The summed E-state index contributed by atoms with van der Waals surface area (Å²) in [4.78, 5) is 12.6. The number of aromatic amines is 1. The van der Waals surface area contributed by atoms with E-state index in [2.05, 4.69) is 45.2 Å². The molecule has 1 fully saturated rings. The van der Waals surface area contributed by atoms with Crippen LogP contribution in [0.4, 0.5) is 5.69 Å². The van der Waals surface area contributed by atoms with E-state index in [0.29, 0.717) is 5.92 Å². The second-order valence-electron chi connectivity index (χ2n) is 7.40. The summed E-state index contributed by atoms with van der Waals surface area (Å²) in [6.45, 7) is 5.26. The van der Waals surface area contributed by atoms with Gasteiger partial charge in [-0.15, -0.1) is 4.80 Å². The molecule has 0 aliphatic carbocycles. The third-order valence-electron chi connectivity index (χ3n) is 5.67. The summed E-state index contributed by atoms with van der Waals surface area (Å²) in [5, 5.41) is 9.41. The number of para-hydroxylation sites is 2. The number of aryl methyl sites for hydroxylation is 1. The first-order valence-electron chi connectivity index (χ1n) is 9.50. The molecule has 1 aliphatic rings. The minimum absolute atomic E-state index is 0.155. The number of nitrogens with one attached hydrogen (secondary N) is 1. The number of hydrogen-bond donors (Lipinski definition) is 1. The lowest BCUT2D eigenvalue weighted by atomic mass is 10.0. The number of imidazole rings is 1. The Bertz CT molecular complexity index is 1130. The van der Waals surface area contributed by atoms with E-state index in [1.54, 1.807) is 17.2 Å². The van der Waals surface area contributed by atoms with Crippen molar-refractivity contribution in [1.29, 1.82) is 0 Å². The van der Waals surface area contributed by atoms with Gasteiger partial charge in [-0.05, 0) is 49.1 Å². The Morgan fingerprint density at radius 2 is 1.82 bits per heavy atom. The highest BCUT2D eigenvalue weighted by Gasteiger charge is 2.36. The van der Waals surface area contributed by atoms with E-state index in [1.807, 2.05) is 25.1 Å². The summed E-state index contributed by atoms with van der Waals surface area (Å²) < 4.78 is 0. The van der Waals surface area contributed by atoms with E-state index >= 15 is 0 Å². The Morgan fingerprint density at radius 1 is 1.07 bits per heavy atom. The van der Waals surface area contributed by atoms with Crippen LogP contribution in [0.3, 0.4) is 0 Å². The quantitative estimate of drug-likeness (QED) is 0.549. The predicted molar refractivity (Wildman–Crippen MR) is 111 cm³/mol. The molecule has 0 saturated carbocycles. The van der Waals surface area contributed by atoms with Crippen LogP contribution >= 0.6 is 11.6 Å². The number of halogens is 1. The number of anilines is 1. The first-order chi connectivity index (χ1) is 13.6. The Hall–Kier alpha value is -2.86. The highest BCUT2D eigenvalue weighted by atomic mass is 35.5. The Labute approximate surface area is 168 Å².